The summed E-state index contributed by atoms with van der Waals surface area (Å²) in [6.45, 7) is 3.67. The second-order valence-corrected chi connectivity index (χ2v) is 10.3. The molecule has 0 aromatic heterocycles. The molecule has 0 fully saturated rings. The third kappa shape index (κ3) is 6.32. The van der Waals surface area contributed by atoms with Gasteiger partial charge in [-0.15, -0.1) is 0 Å². The summed E-state index contributed by atoms with van der Waals surface area (Å²) < 4.78 is 36.9. The van der Waals surface area contributed by atoms with Crippen LogP contribution in [0.2, 0.25) is 5.02 Å². The summed E-state index contributed by atoms with van der Waals surface area (Å²) in [6, 6.07) is 10.7. The van der Waals surface area contributed by atoms with E-state index < -0.39 is 28.5 Å². The molecule has 2 aromatic carbocycles. The van der Waals surface area contributed by atoms with Gasteiger partial charge in [-0.2, -0.15) is 0 Å². The maximum absolute atomic E-state index is 13.5. The molecule has 2 amide bonds. The molecule has 0 radical (unpaired) electrons. The molecule has 184 valence electrons. The van der Waals surface area contributed by atoms with Crippen LogP contribution in [0.5, 0.6) is 11.5 Å². The average molecular weight is 510 g/mol. The zero-order chi connectivity index (χ0) is 24.9. The number of carbonyl (C=O) groups is 2. The van der Waals surface area contributed by atoms with Crippen molar-refractivity contribution in [3.05, 3.63) is 53.1 Å². The van der Waals surface area contributed by atoms with Gasteiger partial charge >= 0.3 is 0 Å². The van der Waals surface area contributed by atoms with E-state index >= 15 is 0 Å². The Labute approximate surface area is 204 Å². The number of amides is 2. The number of ether oxygens (including phenoxy) is 2. The highest BCUT2D eigenvalue weighted by Crippen LogP contribution is 2.36. The van der Waals surface area contributed by atoms with Gasteiger partial charge in [-0.05, 0) is 43.2 Å². The molecule has 1 aliphatic heterocycles. The van der Waals surface area contributed by atoms with Crippen LogP contribution in [0.1, 0.15) is 25.8 Å². The first-order valence-corrected chi connectivity index (χ1v) is 13.0. The van der Waals surface area contributed by atoms with Crippen LogP contribution in [-0.4, -0.2) is 57.3 Å². The van der Waals surface area contributed by atoms with Gasteiger partial charge in [0.25, 0.3) is 0 Å². The number of carbonyl (C=O) groups excluding carboxylic acids is 2. The van der Waals surface area contributed by atoms with Crippen molar-refractivity contribution in [2.75, 3.05) is 30.4 Å². The Morgan fingerprint density at radius 3 is 2.44 bits per heavy atom. The van der Waals surface area contributed by atoms with Gasteiger partial charge in [0.15, 0.2) is 11.5 Å². The second-order valence-electron chi connectivity index (χ2n) is 7.92. The van der Waals surface area contributed by atoms with Gasteiger partial charge in [0, 0.05) is 24.2 Å². The van der Waals surface area contributed by atoms with Crippen molar-refractivity contribution in [2.45, 2.75) is 32.9 Å². The lowest BCUT2D eigenvalue weighted by atomic mass is 10.1. The van der Waals surface area contributed by atoms with E-state index in [9.17, 15) is 18.0 Å². The van der Waals surface area contributed by atoms with Crippen LogP contribution in [0.4, 0.5) is 5.69 Å². The Morgan fingerprint density at radius 2 is 1.79 bits per heavy atom. The van der Waals surface area contributed by atoms with Crippen molar-refractivity contribution in [1.82, 2.24) is 10.2 Å². The molecule has 1 atom stereocenters. The SMILES string of the molecule is CCCNC(=O)C(C)N(Cc1ccc(Cl)cc1)C(=O)CN(c1ccc2c(c1)OCO2)S(C)(=O)=O. The zero-order valence-corrected chi connectivity index (χ0v) is 20.9. The van der Waals surface area contributed by atoms with Crippen molar-refractivity contribution in [2.24, 2.45) is 0 Å². The normalized spacial score (nSPS) is 13.3. The largest absolute Gasteiger partial charge is 0.454 e. The van der Waals surface area contributed by atoms with E-state index in [0.717, 1.165) is 22.5 Å². The fourth-order valence-electron chi connectivity index (χ4n) is 3.42. The number of anilines is 1. The van der Waals surface area contributed by atoms with Crippen molar-refractivity contribution >= 4 is 39.1 Å². The molecular formula is C23H28ClN3O6S. The summed E-state index contributed by atoms with van der Waals surface area (Å²) in [5.74, 6) is 0.0355. The van der Waals surface area contributed by atoms with E-state index in [0.29, 0.717) is 23.1 Å². The van der Waals surface area contributed by atoms with Gasteiger partial charge in [0.1, 0.15) is 12.6 Å². The van der Waals surface area contributed by atoms with E-state index in [1.54, 1.807) is 43.3 Å². The Balaban J connectivity index is 1.89. The van der Waals surface area contributed by atoms with Crippen molar-refractivity contribution in [1.29, 1.82) is 0 Å². The van der Waals surface area contributed by atoms with E-state index in [2.05, 4.69) is 5.32 Å². The van der Waals surface area contributed by atoms with Gasteiger partial charge in [-0.3, -0.25) is 13.9 Å². The van der Waals surface area contributed by atoms with Crippen LogP contribution in [0.25, 0.3) is 0 Å². The first kappa shape index (κ1) is 25.6. The standard InChI is InChI=1S/C23H28ClN3O6S/c1-4-11-25-23(29)16(2)26(13-17-5-7-18(24)8-6-17)22(28)14-27(34(3,30)31)19-9-10-20-21(12-19)33-15-32-20/h5-10,12,16H,4,11,13-15H2,1-3H3,(H,25,29). The maximum Gasteiger partial charge on any atom is 0.244 e. The minimum Gasteiger partial charge on any atom is -0.454 e. The number of hydrogen-bond donors (Lipinski definition) is 1. The average Bonchev–Trinajstić information content (AvgIpc) is 3.27. The molecule has 1 N–H and O–H groups in total. The third-order valence-corrected chi connectivity index (χ3v) is 6.70. The molecule has 0 saturated carbocycles. The molecule has 34 heavy (non-hydrogen) atoms. The predicted octanol–water partition coefficient (Wildman–Crippen LogP) is 2.78. The number of fused-ring (bicyclic) bond motifs is 1. The Morgan fingerprint density at radius 1 is 1.12 bits per heavy atom. The predicted molar refractivity (Wildman–Crippen MR) is 130 cm³/mol. The van der Waals surface area contributed by atoms with Gasteiger partial charge in [-0.1, -0.05) is 30.7 Å². The van der Waals surface area contributed by atoms with E-state index in [1.165, 1.54) is 11.0 Å². The zero-order valence-electron chi connectivity index (χ0n) is 19.3. The topological polar surface area (TPSA) is 105 Å². The molecule has 1 aliphatic rings. The molecule has 2 aromatic rings. The third-order valence-electron chi connectivity index (χ3n) is 5.31. The Bertz CT molecular complexity index is 1140. The summed E-state index contributed by atoms with van der Waals surface area (Å²) >= 11 is 5.97. The van der Waals surface area contributed by atoms with E-state index in [4.69, 9.17) is 21.1 Å². The number of hydrogen-bond acceptors (Lipinski definition) is 6. The van der Waals surface area contributed by atoms with Crippen LogP contribution < -0.4 is 19.1 Å². The Hall–Kier alpha value is -2.98. The Kier molecular flexibility index (Phi) is 8.27. The van der Waals surface area contributed by atoms with Crippen LogP contribution in [0.15, 0.2) is 42.5 Å². The second kappa shape index (κ2) is 11.0. The lowest BCUT2D eigenvalue weighted by molar-refractivity contribution is -0.139. The van der Waals surface area contributed by atoms with E-state index in [1.807, 2.05) is 6.92 Å². The minimum atomic E-state index is -3.83. The summed E-state index contributed by atoms with van der Waals surface area (Å²) in [5.41, 5.74) is 1.01. The summed E-state index contributed by atoms with van der Waals surface area (Å²) in [7, 11) is -3.83. The van der Waals surface area contributed by atoms with Crippen LogP contribution in [-0.2, 0) is 26.2 Å². The highest BCUT2D eigenvalue weighted by atomic mass is 35.5. The molecule has 3 rings (SSSR count). The van der Waals surface area contributed by atoms with Crippen LogP contribution in [0, 0.1) is 0 Å². The summed E-state index contributed by atoms with van der Waals surface area (Å²) in [4.78, 5) is 27.5. The molecule has 11 heteroatoms. The quantitative estimate of drug-likeness (QED) is 0.528. The number of sulfonamides is 1. The summed E-state index contributed by atoms with van der Waals surface area (Å²) in [5, 5.41) is 3.33. The fourth-order valence-corrected chi connectivity index (χ4v) is 4.39. The van der Waals surface area contributed by atoms with Crippen LogP contribution in [0.3, 0.4) is 0 Å². The molecule has 0 spiro atoms. The molecule has 0 saturated heterocycles. The molecular weight excluding hydrogens is 482 g/mol. The van der Waals surface area contributed by atoms with Gasteiger partial charge in [-0.25, -0.2) is 8.42 Å². The minimum absolute atomic E-state index is 0.0375. The fraction of sp³-hybridized carbons (Fsp3) is 0.391. The van der Waals surface area contributed by atoms with Gasteiger partial charge in [0.05, 0.1) is 11.9 Å². The highest BCUT2D eigenvalue weighted by Gasteiger charge is 2.30. The van der Waals surface area contributed by atoms with Crippen molar-refractivity contribution in [3.63, 3.8) is 0 Å². The highest BCUT2D eigenvalue weighted by molar-refractivity contribution is 7.92. The summed E-state index contributed by atoms with van der Waals surface area (Å²) in [6.07, 6.45) is 1.77. The lowest BCUT2D eigenvalue weighted by Crippen LogP contribution is -2.51. The monoisotopic (exact) mass is 509 g/mol. The van der Waals surface area contributed by atoms with E-state index in [-0.39, 0.29) is 24.9 Å². The first-order chi connectivity index (χ1) is 16.1. The van der Waals surface area contributed by atoms with Crippen molar-refractivity contribution < 1.29 is 27.5 Å². The number of benzene rings is 2. The number of halogens is 1. The number of nitrogens with zero attached hydrogens (tertiary/aromatic N) is 2. The van der Waals surface area contributed by atoms with Gasteiger partial charge in [0.2, 0.25) is 28.6 Å². The molecule has 1 heterocycles. The maximum atomic E-state index is 13.5. The smallest absolute Gasteiger partial charge is 0.244 e. The molecule has 9 nitrogen and oxygen atoms in total. The molecule has 1 unspecified atom stereocenters. The van der Waals surface area contributed by atoms with Crippen LogP contribution >= 0.6 is 11.6 Å². The molecule has 0 bridgehead atoms. The number of nitrogens with one attached hydrogen (secondary N) is 1. The van der Waals surface area contributed by atoms with Crippen molar-refractivity contribution in [3.8, 4) is 11.5 Å². The van der Waals surface area contributed by atoms with Gasteiger partial charge < -0.3 is 19.7 Å². The first-order valence-electron chi connectivity index (χ1n) is 10.8. The number of rotatable bonds is 10. The molecule has 0 aliphatic carbocycles. The lowest BCUT2D eigenvalue weighted by Gasteiger charge is -2.31.